The molecule has 2 saturated carbocycles. The maximum absolute atomic E-state index is 12.9. The summed E-state index contributed by atoms with van der Waals surface area (Å²) in [6.07, 6.45) is 5.65. The number of ether oxygens (including phenoxy) is 5. The summed E-state index contributed by atoms with van der Waals surface area (Å²) in [6, 6.07) is 9.27. The number of esters is 2. The first-order valence-electron chi connectivity index (χ1n) is 11.4. The normalized spacial score (nSPS) is 18.4. The van der Waals surface area contributed by atoms with Crippen molar-refractivity contribution in [3.63, 3.8) is 0 Å². The van der Waals surface area contributed by atoms with Gasteiger partial charge in [-0.1, -0.05) is 6.07 Å². The molecule has 7 heteroatoms. The Bertz CT molecular complexity index is 1080. The molecular formula is C26H28O7. The van der Waals surface area contributed by atoms with Gasteiger partial charge in [0.15, 0.2) is 11.5 Å². The molecule has 7 nitrogen and oxygen atoms in total. The Labute approximate surface area is 192 Å². The molecule has 0 amide bonds. The zero-order valence-corrected chi connectivity index (χ0v) is 19.0. The van der Waals surface area contributed by atoms with Crippen molar-refractivity contribution in [3.05, 3.63) is 41.5 Å². The third-order valence-electron chi connectivity index (χ3n) is 6.85. The average molecular weight is 453 g/mol. The van der Waals surface area contributed by atoms with E-state index in [1.165, 1.54) is 0 Å². The van der Waals surface area contributed by atoms with E-state index in [0.717, 1.165) is 55.2 Å². The van der Waals surface area contributed by atoms with E-state index in [-0.39, 0.29) is 31.3 Å². The maximum atomic E-state index is 12.9. The smallest absolute Gasteiger partial charge is 0.338 e. The number of methoxy groups -OCH3 is 2. The lowest BCUT2D eigenvalue weighted by molar-refractivity contribution is -0.156. The Hall–Kier alpha value is -3.22. The average Bonchev–Trinajstić information content (AvgIpc) is 3.29. The van der Waals surface area contributed by atoms with E-state index >= 15 is 0 Å². The van der Waals surface area contributed by atoms with Crippen molar-refractivity contribution in [1.29, 1.82) is 0 Å². The van der Waals surface area contributed by atoms with E-state index in [0.29, 0.717) is 22.8 Å². The van der Waals surface area contributed by atoms with Gasteiger partial charge < -0.3 is 23.7 Å². The van der Waals surface area contributed by atoms with Crippen molar-refractivity contribution in [2.45, 2.75) is 51.2 Å². The quantitative estimate of drug-likeness (QED) is 0.538. The number of fused-ring (bicyclic) bond motifs is 1. The highest BCUT2D eigenvalue weighted by atomic mass is 16.6. The molecule has 0 bridgehead atoms. The minimum atomic E-state index is -0.605. The summed E-state index contributed by atoms with van der Waals surface area (Å²) >= 11 is 0. The molecule has 2 aromatic rings. The zero-order chi connectivity index (χ0) is 23.0. The van der Waals surface area contributed by atoms with Crippen LogP contribution < -0.4 is 14.2 Å². The largest absolute Gasteiger partial charge is 0.493 e. The fourth-order valence-electron chi connectivity index (χ4n) is 4.62. The molecule has 1 aliphatic heterocycles. The third-order valence-corrected chi connectivity index (χ3v) is 6.85. The number of carbonyl (C=O) groups excluding carboxylic acids is 2. The first-order chi connectivity index (χ1) is 16.0. The Morgan fingerprint density at radius 3 is 2.48 bits per heavy atom. The van der Waals surface area contributed by atoms with Gasteiger partial charge in [0, 0.05) is 11.1 Å². The van der Waals surface area contributed by atoms with Crippen LogP contribution >= 0.6 is 0 Å². The number of cyclic esters (lactones) is 1. The molecule has 2 aromatic carbocycles. The molecule has 1 heterocycles. The van der Waals surface area contributed by atoms with E-state index in [2.05, 4.69) is 0 Å². The fraction of sp³-hybridized carbons (Fsp3) is 0.462. The lowest BCUT2D eigenvalue weighted by atomic mass is 9.99. The lowest BCUT2D eigenvalue weighted by Gasteiger charge is -2.22. The molecule has 0 radical (unpaired) electrons. The van der Waals surface area contributed by atoms with Gasteiger partial charge in [0.2, 0.25) is 5.75 Å². The second-order valence-electron chi connectivity index (χ2n) is 9.01. The molecule has 0 unspecified atom stereocenters. The number of carbonyl (C=O) groups is 2. The van der Waals surface area contributed by atoms with E-state index in [4.69, 9.17) is 23.7 Å². The van der Waals surface area contributed by atoms with Crippen molar-refractivity contribution in [3.8, 4) is 28.4 Å². The van der Waals surface area contributed by atoms with E-state index in [9.17, 15) is 9.59 Å². The van der Waals surface area contributed by atoms with Gasteiger partial charge in [-0.25, -0.2) is 4.79 Å². The van der Waals surface area contributed by atoms with Crippen molar-refractivity contribution >= 4 is 11.9 Å². The summed E-state index contributed by atoms with van der Waals surface area (Å²) in [4.78, 5) is 24.7. The number of hydrogen-bond acceptors (Lipinski definition) is 7. The fourth-order valence-corrected chi connectivity index (χ4v) is 4.62. The molecule has 174 valence electrons. The molecule has 0 saturated heterocycles. The van der Waals surface area contributed by atoms with Crippen molar-refractivity contribution in [1.82, 2.24) is 0 Å². The molecule has 0 aromatic heterocycles. The maximum Gasteiger partial charge on any atom is 0.338 e. The zero-order valence-electron chi connectivity index (χ0n) is 19.0. The van der Waals surface area contributed by atoms with Gasteiger partial charge in [0.05, 0.1) is 19.8 Å². The number of benzene rings is 2. The molecule has 33 heavy (non-hydrogen) atoms. The van der Waals surface area contributed by atoms with Gasteiger partial charge in [0.1, 0.15) is 24.7 Å². The van der Waals surface area contributed by atoms with Gasteiger partial charge in [-0.3, -0.25) is 4.79 Å². The van der Waals surface area contributed by atoms with Gasteiger partial charge in [-0.2, -0.15) is 0 Å². The topological polar surface area (TPSA) is 80.3 Å². The van der Waals surface area contributed by atoms with Crippen LogP contribution in [0.1, 0.15) is 54.4 Å². The van der Waals surface area contributed by atoms with Gasteiger partial charge >= 0.3 is 11.9 Å². The number of hydrogen-bond donors (Lipinski definition) is 0. The van der Waals surface area contributed by atoms with Gasteiger partial charge in [0.25, 0.3) is 0 Å². The van der Waals surface area contributed by atoms with Crippen LogP contribution in [0.2, 0.25) is 0 Å². The first kappa shape index (κ1) is 21.6. The van der Waals surface area contributed by atoms with Crippen LogP contribution in [-0.2, 0) is 20.9 Å². The Balaban J connectivity index is 1.43. The number of rotatable bonds is 8. The molecular weight excluding hydrogens is 424 g/mol. The summed E-state index contributed by atoms with van der Waals surface area (Å²) in [7, 11) is 3.13. The van der Waals surface area contributed by atoms with Crippen LogP contribution in [0, 0.1) is 5.41 Å². The standard InChI is InChI=1S/C26H28O7/c1-29-21-10-9-19(16-7-8-20-17(13-16)14-31-24(20)27)22(23(21)30-2)32-15-26(11-12-26)25(28)33-18-5-3-4-6-18/h7-10,13,18H,3-6,11-12,14-15H2,1-2H3. The summed E-state index contributed by atoms with van der Waals surface area (Å²) in [5.41, 5.74) is 2.45. The SMILES string of the molecule is COc1ccc(-c2ccc3c(c2)COC3=O)c(OCC2(C(=O)OC3CCCC3)CC2)c1OC. The van der Waals surface area contributed by atoms with Crippen LogP contribution in [0.25, 0.3) is 11.1 Å². The Kier molecular flexibility index (Phi) is 5.64. The minimum Gasteiger partial charge on any atom is -0.493 e. The third kappa shape index (κ3) is 4.01. The molecule has 0 spiro atoms. The predicted molar refractivity (Wildman–Crippen MR) is 120 cm³/mol. The molecule has 0 atom stereocenters. The van der Waals surface area contributed by atoms with E-state index in [1.807, 2.05) is 24.3 Å². The monoisotopic (exact) mass is 452 g/mol. The minimum absolute atomic E-state index is 0.0354. The Morgan fingerprint density at radius 2 is 1.79 bits per heavy atom. The van der Waals surface area contributed by atoms with E-state index in [1.54, 1.807) is 20.3 Å². The highest BCUT2D eigenvalue weighted by Gasteiger charge is 2.53. The van der Waals surface area contributed by atoms with Crippen LogP contribution in [0.5, 0.6) is 17.2 Å². The summed E-state index contributed by atoms with van der Waals surface area (Å²) in [5.74, 6) is 1.03. The molecule has 3 aliphatic rings. The summed E-state index contributed by atoms with van der Waals surface area (Å²) in [6.45, 7) is 0.462. The predicted octanol–water partition coefficient (Wildman–Crippen LogP) is 4.69. The van der Waals surface area contributed by atoms with E-state index < -0.39 is 5.41 Å². The summed E-state index contributed by atoms with van der Waals surface area (Å²) < 4.78 is 28.4. The van der Waals surface area contributed by atoms with Gasteiger partial charge in [-0.05, 0) is 68.4 Å². The molecule has 2 fully saturated rings. The van der Waals surface area contributed by atoms with Crippen LogP contribution in [-0.4, -0.2) is 38.9 Å². The molecule has 0 N–H and O–H groups in total. The highest BCUT2D eigenvalue weighted by molar-refractivity contribution is 5.94. The van der Waals surface area contributed by atoms with Crippen molar-refractivity contribution < 1.29 is 33.3 Å². The second kappa shape index (κ2) is 8.61. The van der Waals surface area contributed by atoms with Crippen LogP contribution in [0.15, 0.2) is 30.3 Å². The molecule has 5 rings (SSSR count). The van der Waals surface area contributed by atoms with Crippen molar-refractivity contribution in [2.24, 2.45) is 5.41 Å². The highest BCUT2D eigenvalue weighted by Crippen LogP contribution is 2.50. The van der Waals surface area contributed by atoms with Crippen LogP contribution in [0.3, 0.4) is 0 Å². The first-order valence-corrected chi connectivity index (χ1v) is 11.4. The van der Waals surface area contributed by atoms with Crippen molar-refractivity contribution in [2.75, 3.05) is 20.8 Å². The lowest BCUT2D eigenvalue weighted by Crippen LogP contribution is -2.29. The second-order valence-corrected chi connectivity index (χ2v) is 9.01. The molecule has 2 aliphatic carbocycles. The van der Waals surface area contributed by atoms with Gasteiger partial charge in [-0.15, -0.1) is 0 Å². The summed E-state index contributed by atoms with van der Waals surface area (Å²) in [5, 5.41) is 0. The Morgan fingerprint density at radius 1 is 1.03 bits per heavy atom. The van der Waals surface area contributed by atoms with Crippen LogP contribution in [0.4, 0.5) is 0 Å².